The molecule has 0 amide bonds. The van der Waals surface area contributed by atoms with Crippen molar-refractivity contribution in [1.82, 2.24) is 0 Å². The number of fused-ring (bicyclic) bond motifs is 6. The lowest BCUT2D eigenvalue weighted by Crippen LogP contribution is -2.35. The summed E-state index contributed by atoms with van der Waals surface area (Å²) >= 11 is 0. The van der Waals surface area contributed by atoms with E-state index in [2.05, 4.69) is 4.18 Å². The van der Waals surface area contributed by atoms with E-state index in [0.29, 0.717) is 21.5 Å². The monoisotopic (exact) mass is 420 g/mol. The molecule has 0 aromatic heterocycles. The molecule has 0 saturated heterocycles. The Balaban J connectivity index is 2.13. The van der Waals surface area contributed by atoms with Crippen LogP contribution in [0.3, 0.4) is 0 Å². The second-order valence-corrected chi connectivity index (χ2v) is 7.92. The normalized spacial score (nSPS) is 12.6. The third kappa shape index (κ3) is 3.19. The number of alkyl halides is 3. The molecule has 4 aromatic carbocycles. The summed E-state index contributed by atoms with van der Waals surface area (Å²) in [6, 6.07) is 16.7. The third-order valence-electron chi connectivity index (χ3n) is 4.64. The number of hydrogen-bond donors (Lipinski definition) is 2. The Morgan fingerprint density at radius 2 is 1.17 bits per heavy atom. The molecule has 0 unspecified atom stereocenters. The van der Waals surface area contributed by atoms with Gasteiger partial charge in [0.1, 0.15) is 5.75 Å². The van der Waals surface area contributed by atoms with Gasteiger partial charge >= 0.3 is 22.7 Å². The van der Waals surface area contributed by atoms with E-state index in [0.717, 1.165) is 16.8 Å². The lowest BCUT2D eigenvalue weighted by Gasteiger charge is -2.16. The molecule has 0 aliphatic heterocycles. The van der Waals surface area contributed by atoms with E-state index >= 15 is 0 Å². The second-order valence-electron chi connectivity index (χ2n) is 6.38. The SMILES string of the molecule is O=S(=O)(Oc1cc2c3ccccc3c3ccccc3c2cc1B(O)O)C(F)(F)F. The average molecular weight is 420 g/mol. The van der Waals surface area contributed by atoms with E-state index in [1.54, 1.807) is 30.3 Å². The highest BCUT2D eigenvalue weighted by atomic mass is 32.2. The van der Waals surface area contributed by atoms with Gasteiger partial charge in [0.15, 0.2) is 0 Å². The standard InChI is InChI=1S/C19H12BF3O5S/c21-19(22,23)29(26,27)28-18-10-16-14-8-4-2-6-12(14)11-5-1-3-7-13(11)15(16)9-17(18)20(24)25/h1-10,24-25H. The number of hydrogen-bond acceptors (Lipinski definition) is 5. The zero-order chi connectivity index (χ0) is 21.0. The van der Waals surface area contributed by atoms with E-state index in [4.69, 9.17) is 0 Å². The fourth-order valence-corrected chi connectivity index (χ4v) is 3.86. The minimum atomic E-state index is -5.99. The molecule has 0 bridgehead atoms. The highest BCUT2D eigenvalue weighted by Gasteiger charge is 2.49. The molecule has 5 nitrogen and oxygen atoms in total. The van der Waals surface area contributed by atoms with Crippen LogP contribution in [-0.4, -0.2) is 31.1 Å². The average Bonchev–Trinajstić information content (AvgIpc) is 2.66. The van der Waals surface area contributed by atoms with Crippen LogP contribution in [0.25, 0.3) is 32.3 Å². The van der Waals surface area contributed by atoms with Crippen molar-refractivity contribution >= 4 is 55.0 Å². The van der Waals surface area contributed by atoms with Gasteiger partial charge in [-0.2, -0.15) is 21.6 Å². The lowest BCUT2D eigenvalue weighted by atomic mass is 9.77. The summed E-state index contributed by atoms with van der Waals surface area (Å²) in [5, 5.41) is 23.2. The van der Waals surface area contributed by atoms with Gasteiger partial charge in [0.05, 0.1) is 0 Å². The van der Waals surface area contributed by atoms with Gasteiger partial charge in [-0.15, -0.1) is 0 Å². The van der Waals surface area contributed by atoms with Crippen LogP contribution in [0.1, 0.15) is 0 Å². The zero-order valence-corrected chi connectivity index (χ0v) is 15.3. The van der Waals surface area contributed by atoms with E-state index in [1.807, 2.05) is 18.2 Å². The van der Waals surface area contributed by atoms with E-state index in [-0.39, 0.29) is 0 Å². The molecule has 0 spiro atoms. The van der Waals surface area contributed by atoms with Gasteiger partial charge in [0.2, 0.25) is 0 Å². The van der Waals surface area contributed by atoms with Crippen LogP contribution >= 0.6 is 0 Å². The maximum Gasteiger partial charge on any atom is 0.534 e. The zero-order valence-electron chi connectivity index (χ0n) is 14.5. The van der Waals surface area contributed by atoms with Crippen molar-refractivity contribution in [2.75, 3.05) is 0 Å². The molecule has 0 aliphatic carbocycles. The van der Waals surface area contributed by atoms with Crippen LogP contribution in [0.15, 0.2) is 60.7 Å². The maximum atomic E-state index is 12.8. The first-order valence-electron chi connectivity index (χ1n) is 8.34. The number of benzene rings is 4. The van der Waals surface area contributed by atoms with E-state index < -0.39 is 34.0 Å². The Morgan fingerprint density at radius 1 is 0.759 bits per heavy atom. The Hall–Kier alpha value is -2.82. The number of halogens is 3. The molecule has 0 aliphatic rings. The molecule has 0 heterocycles. The van der Waals surface area contributed by atoms with Crippen molar-refractivity contribution in [3.63, 3.8) is 0 Å². The molecule has 29 heavy (non-hydrogen) atoms. The van der Waals surface area contributed by atoms with Gasteiger partial charge in [-0.1, -0.05) is 54.6 Å². The van der Waals surface area contributed by atoms with Gasteiger partial charge in [-0.05, 0) is 38.4 Å². The summed E-state index contributed by atoms with van der Waals surface area (Å²) in [6.07, 6.45) is 0. The van der Waals surface area contributed by atoms with Crippen LogP contribution in [-0.2, 0) is 10.1 Å². The minimum Gasteiger partial charge on any atom is -0.423 e. The highest BCUT2D eigenvalue weighted by molar-refractivity contribution is 7.88. The lowest BCUT2D eigenvalue weighted by molar-refractivity contribution is -0.0499. The van der Waals surface area contributed by atoms with Crippen molar-refractivity contribution in [1.29, 1.82) is 0 Å². The van der Waals surface area contributed by atoms with Crippen molar-refractivity contribution < 1.29 is 35.8 Å². The van der Waals surface area contributed by atoms with Crippen LogP contribution in [0, 0.1) is 0 Å². The van der Waals surface area contributed by atoms with Gasteiger partial charge in [0, 0.05) is 5.46 Å². The van der Waals surface area contributed by atoms with Gasteiger partial charge in [0.25, 0.3) is 0 Å². The smallest absolute Gasteiger partial charge is 0.423 e. The van der Waals surface area contributed by atoms with E-state index in [1.165, 1.54) is 6.07 Å². The predicted molar refractivity (Wildman–Crippen MR) is 104 cm³/mol. The largest absolute Gasteiger partial charge is 0.534 e. The van der Waals surface area contributed by atoms with Crippen LogP contribution in [0.5, 0.6) is 5.75 Å². The molecule has 0 fully saturated rings. The first kappa shape index (κ1) is 19.5. The van der Waals surface area contributed by atoms with Crippen LogP contribution < -0.4 is 9.65 Å². The van der Waals surface area contributed by atoms with Crippen molar-refractivity contribution in [2.24, 2.45) is 0 Å². The molecular formula is C19H12BF3O5S. The Bertz CT molecular complexity index is 1370. The third-order valence-corrected chi connectivity index (χ3v) is 5.60. The van der Waals surface area contributed by atoms with Crippen molar-refractivity contribution in [2.45, 2.75) is 5.51 Å². The molecular weight excluding hydrogens is 408 g/mol. The molecule has 4 aromatic rings. The molecule has 148 valence electrons. The molecule has 0 radical (unpaired) electrons. The summed E-state index contributed by atoms with van der Waals surface area (Å²) in [5.41, 5.74) is -6.16. The fourth-order valence-electron chi connectivity index (χ4n) is 3.39. The second kappa shape index (κ2) is 6.62. The maximum absolute atomic E-state index is 12.8. The molecule has 10 heteroatoms. The minimum absolute atomic E-state index is 0.413. The quantitative estimate of drug-likeness (QED) is 0.231. The summed E-state index contributed by atoms with van der Waals surface area (Å²) in [7, 11) is -8.24. The Kier molecular flexibility index (Phi) is 4.45. The molecule has 0 atom stereocenters. The van der Waals surface area contributed by atoms with E-state index in [9.17, 15) is 31.6 Å². The first-order chi connectivity index (χ1) is 13.6. The van der Waals surface area contributed by atoms with Crippen LogP contribution in [0.2, 0.25) is 0 Å². The molecule has 2 N–H and O–H groups in total. The summed E-state index contributed by atoms with van der Waals surface area (Å²) < 4.78 is 65.6. The highest BCUT2D eigenvalue weighted by Crippen LogP contribution is 2.37. The van der Waals surface area contributed by atoms with Gasteiger partial charge in [-0.3, -0.25) is 0 Å². The van der Waals surface area contributed by atoms with Crippen molar-refractivity contribution in [3.05, 3.63) is 60.7 Å². The Labute approximate surface area is 163 Å². The molecule has 0 saturated carbocycles. The summed E-state index contributed by atoms with van der Waals surface area (Å²) in [5.74, 6) is -0.801. The molecule has 4 rings (SSSR count). The van der Waals surface area contributed by atoms with Gasteiger partial charge < -0.3 is 14.2 Å². The number of rotatable bonds is 3. The predicted octanol–water partition coefficient (Wildman–Crippen LogP) is 3.05. The summed E-state index contributed by atoms with van der Waals surface area (Å²) in [4.78, 5) is 0. The first-order valence-corrected chi connectivity index (χ1v) is 9.75. The van der Waals surface area contributed by atoms with Crippen LogP contribution in [0.4, 0.5) is 13.2 Å². The van der Waals surface area contributed by atoms with Gasteiger partial charge in [-0.25, -0.2) is 0 Å². The topological polar surface area (TPSA) is 83.8 Å². The Morgan fingerprint density at radius 3 is 1.59 bits per heavy atom. The summed E-state index contributed by atoms with van der Waals surface area (Å²) in [6.45, 7) is 0. The van der Waals surface area contributed by atoms with Crippen molar-refractivity contribution in [3.8, 4) is 5.75 Å². The fraction of sp³-hybridized carbons (Fsp3) is 0.0526.